The molecular formula is C74H82Cl7F3N6O15. The van der Waals surface area contributed by atoms with Crippen LogP contribution in [0.1, 0.15) is 45.4 Å². The van der Waals surface area contributed by atoms with E-state index in [9.17, 15) is 13.2 Å². The molecule has 1 saturated carbocycles. The van der Waals surface area contributed by atoms with Gasteiger partial charge in [-0.2, -0.15) is 13.2 Å². The van der Waals surface area contributed by atoms with E-state index in [1.165, 1.54) is 0 Å². The lowest BCUT2D eigenvalue weighted by Crippen LogP contribution is -2.69. The predicted octanol–water partition coefficient (Wildman–Crippen LogP) is 11.9. The summed E-state index contributed by atoms with van der Waals surface area (Å²) in [6.07, 6.45) is -20.2. The van der Waals surface area contributed by atoms with E-state index in [0.717, 1.165) is 38.9 Å². The normalized spacial score (nSPS) is 28.4. The summed E-state index contributed by atoms with van der Waals surface area (Å²) in [5, 5.41) is 11.0. The molecular weight excluding hydrogens is 1520 g/mol. The van der Waals surface area contributed by atoms with E-state index >= 15 is 0 Å². The number of ether oxygens (including phenoxy) is 13. The Labute approximate surface area is 641 Å². The highest BCUT2D eigenvalue weighted by atomic mass is 35.5. The van der Waals surface area contributed by atoms with Crippen LogP contribution in [0.4, 0.5) is 13.2 Å². The average Bonchev–Trinajstić information content (AvgIpc) is 1.69. The van der Waals surface area contributed by atoms with Crippen LogP contribution in [-0.2, 0) is 113 Å². The molecule has 3 aliphatic heterocycles. The highest BCUT2D eigenvalue weighted by molar-refractivity contribution is 6.32. The van der Waals surface area contributed by atoms with Crippen molar-refractivity contribution >= 4 is 87.2 Å². The van der Waals surface area contributed by atoms with Gasteiger partial charge >= 0.3 is 12.1 Å². The Kier molecular flexibility index (Phi) is 31.2. The molecule has 0 spiro atoms. The Balaban J connectivity index is 0.00000161. The van der Waals surface area contributed by atoms with Crippen LogP contribution in [0.3, 0.4) is 0 Å². The van der Waals surface area contributed by atoms with Crippen molar-refractivity contribution in [3.05, 3.63) is 244 Å². The second kappa shape index (κ2) is 39.6. The van der Waals surface area contributed by atoms with Crippen molar-refractivity contribution < 1.29 is 84.7 Å². The average molecular weight is 1600 g/mol. The maximum atomic E-state index is 10.6. The van der Waals surface area contributed by atoms with Crippen molar-refractivity contribution in [2.75, 3.05) is 19.7 Å². The molecule has 568 valence electrons. The van der Waals surface area contributed by atoms with Gasteiger partial charge in [-0.05, 0) is 130 Å². The Morgan fingerprint density at radius 2 is 0.619 bits per heavy atom. The fraction of sp³-hybridized carbons (Fsp3) is 0.419. The number of benzene rings is 7. The predicted molar refractivity (Wildman–Crippen MR) is 390 cm³/mol. The molecule has 0 amide bonds. The first-order valence-electron chi connectivity index (χ1n) is 33.5. The zero-order chi connectivity index (χ0) is 74.9. The molecule has 7 aromatic carbocycles. The summed E-state index contributed by atoms with van der Waals surface area (Å²) in [4.78, 5) is 8.90. The van der Waals surface area contributed by atoms with E-state index in [1.807, 2.05) is 84.9 Å². The third-order valence-electron chi connectivity index (χ3n) is 17.9. The molecule has 11 rings (SSSR count). The van der Waals surface area contributed by atoms with Crippen molar-refractivity contribution in [3.8, 4) is 0 Å². The van der Waals surface area contributed by atoms with Crippen molar-refractivity contribution in [2.24, 2.45) is 34.4 Å². The van der Waals surface area contributed by atoms with E-state index in [2.05, 4.69) is 0 Å². The fourth-order valence-corrected chi connectivity index (χ4v) is 13.2. The van der Waals surface area contributed by atoms with Gasteiger partial charge in [-0.3, -0.25) is 0 Å². The van der Waals surface area contributed by atoms with Gasteiger partial charge in [0.1, 0.15) is 73.2 Å². The lowest BCUT2D eigenvalue weighted by atomic mass is 9.84. The smallest absolute Gasteiger partial charge is 0.475 e. The van der Waals surface area contributed by atoms with Gasteiger partial charge in [-0.1, -0.05) is 166 Å². The second-order valence-electron chi connectivity index (χ2n) is 25.5. The number of rotatable bonds is 30. The Morgan fingerprint density at radius 1 is 0.362 bits per heavy atom. The zero-order valence-corrected chi connectivity index (χ0v) is 61.6. The number of carbonyl (C=O) groups is 1. The lowest BCUT2D eigenvalue weighted by molar-refractivity contribution is -0.318. The minimum atomic E-state index is -5.08. The number of carboxylic acids is 1. The van der Waals surface area contributed by atoms with Crippen LogP contribution in [0.25, 0.3) is 0 Å². The highest BCUT2D eigenvalue weighted by Crippen LogP contribution is 2.39. The molecule has 31 heteroatoms. The maximum Gasteiger partial charge on any atom is 0.490 e. The minimum absolute atomic E-state index is 0.00371. The first kappa shape index (κ1) is 82.6. The van der Waals surface area contributed by atoms with Gasteiger partial charge in [-0.15, -0.1) is 0 Å². The van der Waals surface area contributed by atoms with Crippen LogP contribution < -0.4 is 34.4 Å². The van der Waals surface area contributed by atoms with Crippen molar-refractivity contribution in [2.45, 2.75) is 175 Å². The molecule has 21 nitrogen and oxygen atoms in total. The molecule has 0 unspecified atom stereocenters. The van der Waals surface area contributed by atoms with Gasteiger partial charge < -0.3 is 101 Å². The number of hydrogen-bond acceptors (Lipinski definition) is 20. The van der Waals surface area contributed by atoms with E-state index in [0.29, 0.717) is 35.2 Å². The summed E-state index contributed by atoms with van der Waals surface area (Å²) in [5.74, 6) is -2.76. The summed E-state index contributed by atoms with van der Waals surface area (Å²) >= 11 is 44.3. The van der Waals surface area contributed by atoms with Crippen LogP contribution in [0.2, 0.25) is 35.2 Å². The van der Waals surface area contributed by atoms with E-state index < -0.39 is 128 Å². The summed E-state index contributed by atoms with van der Waals surface area (Å²) in [6, 6.07) is 47.3. The zero-order valence-electron chi connectivity index (χ0n) is 56.3. The van der Waals surface area contributed by atoms with Crippen molar-refractivity contribution in [1.82, 2.24) is 0 Å². The molecule has 3 heterocycles. The Morgan fingerprint density at radius 3 is 0.933 bits per heavy atom. The van der Waals surface area contributed by atoms with Crippen LogP contribution in [0, 0.1) is 0 Å². The lowest BCUT2D eigenvalue weighted by Gasteiger charge is -2.49. The highest BCUT2D eigenvalue weighted by Gasteiger charge is 2.57. The Bertz CT molecular complexity index is 3790. The van der Waals surface area contributed by atoms with Crippen LogP contribution in [-0.4, -0.2) is 153 Å². The summed E-state index contributed by atoms with van der Waals surface area (Å²) < 4.78 is 122. The van der Waals surface area contributed by atoms with Gasteiger partial charge in [0, 0.05) is 60.3 Å². The number of aliphatic carboxylic acids is 1. The molecule has 4 aliphatic rings. The van der Waals surface area contributed by atoms with E-state index in [1.54, 1.807) is 84.9 Å². The van der Waals surface area contributed by atoms with Crippen LogP contribution in [0.15, 0.2) is 170 Å². The molecule has 7 aromatic rings. The monoisotopic (exact) mass is 1600 g/mol. The number of nitrogens with two attached hydrogens (primary N) is 6. The summed E-state index contributed by atoms with van der Waals surface area (Å²) in [6.45, 7) is 0.639. The molecule has 13 N–H and O–H groups in total. The second-order valence-corrected chi connectivity index (χ2v) is 28.5. The third kappa shape index (κ3) is 23.6. The van der Waals surface area contributed by atoms with E-state index in [4.69, 9.17) is 187 Å². The standard InChI is InChI=1S/C72H81Cl7N6O13.C2HF3O2/c73-47-15-1-40(2-16-47)32-86-39-58-65(97-71-60(85)67(91-37-45-11-25-52(78)26-12-45)64(57(31-81)94-71)89-35-43-7-21-50(76)22-8-43)69(92-38-46-13-27-53(79)28-14-46)72(95-58)98-68-61(87-33-41-3-17-48(74)18-4-41)54(82)29-55(83)62(68)96-70-59(84)66(90-36-44-9-23-51(77)24-10-44)63(56(30-80)93-70)88-34-42-5-19-49(75)20-6-42;3-2(4,5)1(6)7/h1-28,54-72H,29-39,80-85H2;(H,6,7)/t54-,55+,56-,57+,58-,59-,60-,61+,62-,63-,64-,65-,66-,67-,68-,69-,70-,71-,72+;/m1./s1. The van der Waals surface area contributed by atoms with Gasteiger partial charge in [-0.25, -0.2) is 4.79 Å². The molecule has 105 heavy (non-hydrogen) atoms. The molecule has 1 aliphatic carbocycles. The van der Waals surface area contributed by atoms with Crippen LogP contribution in [0.5, 0.6) is 0 Å². The largest absolute Gasteiger partial charge is 0.490 e. The third-order valence-corrected chi connectivity index (χ3v) is 19.6. The number of carboxylic acid groups (broad SMARTS) is 1. The maximum absolute atomic E-state index is 10.6. The molecule has 3 saturated heterocycles. The van der Waals surface area contributed by atoms with Crippen molar-refractivity contribution in [3.63, 3.8) is 0 Å². The minimum Gasteiger partial charge on any atom is -0.475 e. The Hall–Kier alpha value is -4.93. The molecule has 4 fully saturated rings. The van der Waals surface area contributed by atoms with Crippen molar-refractivity contribution in [1.29, 1.82) is 0 Å². The molecule has 19 atom stereocenters. The van der Waals surface area contributed by atoms with Gasteiger partial charge in [0.2, 0.25) is 0 Å². The first-order valence-corrected chi connectivity index (χ1v) is 36.2. The SMILES string of the molecule is NC[C@@H]1O[C@H](O[C@H]2[C@@H](OCc3ccc(Cl)cc3)[C@H](O[C@@H]3[C@@H](OCc4ccc(Cl)cc4)[C@H](N)C[C@H](N)[C@H]3O[C@H]3O[C@H](CN)[C@@H](OCc4ccc(Cl)cc4)[C@H](OCc4ccc(Cl)cc4)[C@H]3N)O[C@@H]2COCc2ccc(Cl)cc2)[C@H](N)[C@@H](OCc2ccc(Cl)cc2)[C@@H]1OCc1ccc(Cl)cc1.O=C(O)C(F)(F)F. The van der Waals surface area contributed by atoms with Gasteiger partial charge in [0.15, 0.2) is 18.9 Å². The molecule has 0 aromatic heterocycles. The number of hydrogen-bond donors (Lipinski definition) is 7. The number of halogens is 10. The summed E-state index contributed by atoms with van der Waals surface area (Å²) in [5.41, 5.74) is 48.2. The summed E-state index contributed by atoms with van der Waals surface area (Å²) in [7, 11) is 0. The quantitative estimate of drug-likeness (QED) is 0.0220. The van der Waals surface area contributed by atoms with Gasteiger partial charge in [0.25, 0.3) is 0 Å². The number of alkyl halides is 3. The van der Waals surface area contributed by atoms with Gasteiger partial charge in [0.05, 0.1) is 64.9 Å². The molecule has 0 radical (unpaired) electrons. The topological polar surface area (TPSA) is 313 Å². The van der Waals surface area contributed by atoms with Crippen LogP contribution >= 0.6 is 81.2 Å². The first-order chi connectivity index (χ1) is 50.4. The molecule has 0 bridgehead atoms. The fourth-order valence-electron chi connectivity index (χ4n) is 12.4. The van der Waals surface area contributed by atoms with E-state index in [-0.39, 0.29) is 72.4 Å².